The van der Waals surface area contributed by atoms with Gasteiger partial charge < -0.3 is 9.47 Å². The number of aromatic nitrogens is 1. The van der Waals surface area contributed by atoms with E-state index in [-0.39, 0.29) is 18.3 Å². The Bertz CT molecular complexity index is 1600. The number of ether oxygens (including phenoxy) is 2. The Balaban J connectivity index is 1.39. The number of hydrogen-bond donors (Lipinski definition) is 1. The molecule has 4 aromatic carbocycles. The maximum Gasteiger partial charge on any atom is 0.272 e. The van der Waals surface area contributed by atoms with Gasteiger partial charge in [-0.15, -0.1) is 0 Å². The maximum absolute atomic E-state index is 13.2. The molecule has 0 spiro atoms. The molecule has 6 nitrogen and oxygen atoms in total. The zero-order chi connectivity index (χ0) is 26.3. The van der Waals surface area contributed by atoms with Crippen molar-refractivity contribution in [3.05, 3.63) is 126 Å². The molecule has 38 heavy (non-hydrogen) atoms. The Labute approximate surface area is 219 Å². The summed E-state index contributed by atoms with van der Waals surface area (Å²) in [5, 5.41) is 4.93. The van der Waals surface area contributed by atoms with Crippen LogP contribution in [0.15, 0.2) is 108 Å². The number of nitrogens with zero attached hydrogens (tertiary/aromatic N) is 2. The number of fused-ring (bicyclic) bond motifs is 1. The van der Waals surface area contributed by atoms with Gasteiger partial charge in [-0.25, -0.2) is 14.8 Å². The summed E-state index contributed by atoms with van der Waals surface area (Å²) in [5.74, 6) is 0.286. The first kappa shape index (κ1) is 24.6. The van der Waals surface area contributed by atoms with Gasteiger partial charge in [-0.2, -0.15) is 5.10 Å². The molecule has 7 heteroatoms. The lowest BCUT2D eigenvalue weighted by molar-refractivity contribution is 0.0956. The van der Waals surface area contributed by atoms with E-state index in [1.165, 1.54) is 18.3 Å². The van der Waals surface area contributed by atoms with Crippen LogP contribution >= 0.6 is 0 Å². The molecule has 1 heterocycles. The fraction of sp³-hybridized carbons (Fsp3) is 0.0645. The highest BCUT2D eigenvalue weighted by molar-refractivity contribution is 6.07. The van der Waals surface area contributed by atoms with Crippen LogP contribution in [0.5, 0.6) is 11.5 Å². The van der Waals surface area contributed by atoms with E-state index in [1.807, 2.05) is 54.6 Å². The summed E-state index contributed by atoms with van der Waals surface area (Å²) in [7, 11) is 1.54. The number of pyridine rings is 1. The molecule has 0 bridgehead atoms. The number of rotatable bonds is 8. The Morgan fingerprint density at radius 3 is 2.50 bits per heavy atom. The van der Waals surface area contributed by atoms with E-state index in [4.69, 9.17) is 14.5 Å². The summed E-state index contributed by atoms with van der Waals surface area (Å²) >= 11 is 0. The molecule has 0 aliphatic carbocycles. The molecule has 0 radical (unpaired) electrons. The van der Waals surface area contributed by atoms with Gasteiger partial charge in [0.15, 0.2) is 11.5 Å². The zero-order valence-corrected chi connectivity index (χ0v) is 20.6. The van der Waals surface area contributed by atoms with Gasteiger partial charge in [-0.05, 0) is 42.0 Å². The molecule has 0 saturated carbocycles. The summed E-state index contributed by atoms with van der Waals surface area (Å²) in [6, 6.07) is 30.4. The molecule has 5 aromatic rings. The van der Waals surface area contributed by atoms with Crippen molar-refractivity contribution >= 4 is 23.0 Å². The highest BCUT2D eigenvalue weighted by Crippen LogP contribution is 2.31. The number of carbonyl (C=O) groups is 1. The zero-order valence-electron chi connectivity index (χ0n) is 20.6. The van der Waals surface area contributed by atoms with E-state index < -0.39 is 0 Å². The number of hydrazone groups is 1. The third-order valence-electron chi connectivity index (χ3n) is 5.93. The second-order valence-electron chi connectivity index (χ2n) is 8.43. The van der Waals surface area contributed by atoms with Crippen molar-refractivity contribution in [2.45, 2.75) is 6.61 Å². The number of amides is 1. The lowest BCUT2D eigenvalue weighted by Crippen LogP contribution is -2.18. The first-order valence-electron chi connectivity index (χ1n) is 12.0. The highest BCUT2D eigenvalue weighted by atomic mass is 19.1. The third-order valence-corrected chi connectivity index (χ3v) is 5.93. The van der Waals surface area contributed by atoms with E-state index in [1.54, 1.807) is 43.5 Å². The molecule has 0 fully saturated rings. The molecular weight excluding hydrogens is 481 g/mol. The number of methoxy groups -OCH3 is 1. The molecule has 0 aliphatic heterocycles. The first-order chi connectivity index (χ1) is 18.6. The van der Waals surface area contributed by atoms with Crippen molar-refractivity contribution in [3.63, 3.8) is 0 Å². The van der Waals surface area contributed by atoms with Crippen LogP contribution in [-0.2, 0) is 6.61 Å². The number of carbonyl (C=O) groups excluding carboxylic acids is 1. The molecule has 0 atom stereocenters. The van der Waals surface area contributed by atoms with Gasteiger partial charge in [0.1, 0.15) is 12.4 Å². The molecule has 0 unspecified atom stereocenters. The van der Waals surface area contributed by atoms with Crippen molar-refractivity contribution in [1.82, 2.24) is 10.4 Å². The third kappa shape index (κ3) is 5.52. The number of hydrogen-bond acceptors (Lipinski definition) is 5. The molecule has 1 amide bonds. The number of nitrogens with one attached hydrogen (secondary N) is 1. The predicted octanol–water partition coefficient (Wildman–Crippen LogP) is 6.39. The normalized spacial score (nSPS) is 11.0. The fourth-order valence-corrected chi connectivity index (χ4v) is 4.03. The molecule has 188 valence electrons. The summed E-state index contributed by atoms with van der Waals surface area (Å²) in [6.45, 7) is 0.207. The number of para-hydroxylation sites is 2. The average molecular weight is 506 g/mol. The smallest absolute Gasteiger partial charge is 0.272 e. The molecule has 1 N–H and O–H groups in total. The minimum absolute atomic E-state index is 0.207. The van der Waals surface area contributed by atoms with Crippen LogP contribution in [0, 0.1) is 5.82 Å². The minimum atomic E-state index is -0.367. The summed E-state index contributed by atoms with van der Waals surface area (Å²) in [5.41, 5.74) is 6.82. The average Bonchev–Trinajstić information content (AvgIpc) is 2.97. The van der Waals surface area contributed by atoms with Crippen LogP contribution in [0.25, 0.3) is 22.2 Å². The summed E-state index contributed by atoms with van der Waals surface area (Å²) in [6.07, 6.45) is 1.50. The monoisotopic (exact) mass is 505 g/mol. The van der Waals surface area contributed by atoms with E-state index in [0.717, 1.165) is 16.5 Å². The second-order valence-corrected chi connectivity index (χ2v) is 8.43. The van der Waals surface area contributed by atoms with Crippen LogP contribution in [0.4, 0.5) is 4.39 Å². The van der Waals surface area contributed by atoms with E-state index >= 15 is 0 Å². The van der Waals surface area contributed by atoms with E-state index in [2.05, 4.69) is 10.5 Å². The van der Waals surface area contributed by atoms with Gasteiger partial charge in [-0.1, -0.05) is 66.7 Å². The molecular formula is C31H24FN3O3. The second kappa shape index (κ2) is 11.3. The van der Waals surface area contributed by atoms with Crippen LogP contribution in [0.3, 0.4) is 0 Å². The van der Waals surface area contributed by atoms with Crippen molar-refractivity contribution in [1.29, 1.82) is 0 Å². The van der Waals surface area contributed by atoms with Gasteiger partial charge in [0, 0.05) is 16.5 Å². The number of halogens is 1. The minimum Gasteiger partial charge on any atom is -0.493 e. The van der Waals surface area contributed by atoms with Crippen molar-refractivity contribution in [2.75, 3.05) is 7.11 Å². The molecule has 0 aliphatic rings. The Hall–Kier alpha value is -5.04. The Kier molecular flexibility index (Phi) is 7.36. The van der Waals surface area contributed by atoms with Gasteiger partial charge in [-0.3, -0.25) is 4.79 Å². The van der Waals surface area contributed by atoms with Crippen LogP contribution in [0.2, 0.25) is 0 Å². The highest BCUT2D eigenvalue weighted by Gasteiger charge is 2.14. The van der Waals surface area contributed by atoms with Gasteiger partial charge in [0.2, 0.25) is 0 Å². The lowest BCUT2D eigenvalue weighted by atomic mass is 10.0. The Morgan fingerprint density at radius 2 is 1.71 bits per heavy atom. The number of benzene rings is 4. The fourth-order valence-electron chi connectivity index (χ4n) is 4.03. The summed E-state index contributed by atoms with van der Waals surface area (Å²) < 4.78 is 24.7. The van der Waals surface area contributed by atoms with Crippen molar-refractivity contribution in [3.8, 4) is 22.8 Å². The predicted molar refractivity (Wildman–Crippen MR) is 146 cm³/mol. The summed E-state index contributed by atoms with van der Waals surface area (Å²) in [4.78, 5) is 18.0. The molecule has 5 rings (SSSR count). The Morgan fingerprint density at radius 1 is 0.947 bits per heavy atom. The molecule has 1 aromatic heterocycles. The first-order valence-corrected chi connectivity index (χ1v) is 12.0. The van der Waals surface area contributed by atoms with E-state index in [0.29, 0.717) is 33.8 Å². The van der Waals surface area contributed by atoms with Crippen molar-refractivity contribution < 1.29 is 18.7 Å². The van der Waals surface area contributed by atoms with Crippen LogP contribution < -0.4 is 14.9 Å². The van der Waals surface area contributed by atoms with Gasteiger partial charge in [0.25, 0.3) is 5.91 Å². The van der Waals surface area contributed by atoms with Gasteiger partial charge in [0.05, 0.1) is 30.1 Å². The van der Waals surface area contributed by atoms with Crippen molar-refractivity contribution in [2.24, 2.45) is 5.10 Å². The van der Waals surface area contributed by atoms with Crippen LogP contribution in [0.1, 0.15) is 21.5 Å². The lowest BCUT2D eigenvalue weighted by Gasteiger charge is -2.13. The SMILES string of the molecule is COc1cccc(/C=N\NC(=O)c2cc(-c3ccccc3)nc3ccccc23)c1OCc1ccc(F)cc1. The molecule has 0 saturated heterocycles. The quantitative estimate of drug-likeness (QED) is 0.196. The van der Waals surface area contributed by atoms with Gasteiger partial charge >= 0.3 is 0 Å². The van der Waals surface area contributed by atoms with E-state index in [9.17, 15) is 9.18 Å². The standard InChI is InChI=1S/C31H24FN3O3/c1-37-29-13-7-10-23(30(29)38-20-21-14-16-24(32)17-15-21)19-33-35-31(36)26-18-28(22-8-3-2-4-9-22)34-27-12-6-5-11-25(26)27/h2-19H,20H2,1H3,(H,35,36)/b33-19-. The van der Waals surface area contributed by atoms with Crippen LogP contribution in [-0.4, -0.2) is 24.2 Å². The maximum atomic E-state index is 13.2. The largest absolute Gasteiger partial charge is 0.493 e. The topological polar surface area (TPSA) is 72.8 Å².